The van der Waals surface area contributed by atoms with Crippen LogP contribution in [0.15, 0.2) is 22.8 Å². The number of aromatic nitrogens is 1. The lowest BCUT2D eigenvalue weighted by atomic mass is 10.3. The third-order valence-electron chi connectivity index (χ3n) is 3.08. The highest BCUT2D eigenvalue weighted by atomic mass is 79.9. The number of nitrogens with zero attached hydrogens (tertiary/aromatic N) is 2. The van der Waals surface area contributed by atoms with Crippen LogP contribution < -0.4 is 5.32 Å². The lowest BCUT2D eigenvalue weighted by Gasteiger charge is -2.14. The molecule has 0 aromatic carbocycles. The lowest BCUT2D eigenvalue weighted by molar-refractivity contribution is 0.0947. The first kappa shape index (κ1) is 13.5. The molecular weight excluding hydrogens is 294 g/mol. The first-order valence-electron chi connectivity index (χ1n) is 6.39. The van der Waals surface area contributed by atoms with Crippen molar-refractivity contribution in [2.45, 2.75) is 19.3 Å². The van der Waals surface area contributed by atoms with Gasteiger partial charge in [-0.1, -0.05) is 6.07 Å². The number of nitrogens with one attached hydrogen (secondary N) is 1. The zero-order chi connectivity index (χ0) is 12.8. The van der Waals surface area contributed by atoms with Crippen LogP contribution in [-0.2, 0) is 0 Å². The minimum absolute atomic E-state index is 0.0993. The average Bonchev–Trinajstić information content (AvgIpc) is 2.87. The Morgan fingerprint density at radius 1 is 1.39 bits per heavy atom. The molecule has 1 N–H and O–H groups in total. The maximum atomic E-state index is 11.8. The Bertz CT molecular complexity index is 405. The zero-order valence-electron chi connectivity index (χ0n) is 10.4. The highest BCUT2D eigenvalue weighted by Gasteiger charge is 2.11. The van der Waals surface area contributed by atoms with Crippen molar-refractivity contribution in [1.82, 2.24) is 15.2 Å². The van der Waals surface area contributed by atoms with Gasteiger partial charge in [-0.3, -0.25) is 4.79 Å². The van der Waals surface area contributed by atoms with E-state index in [1.165, 1.54) is 25.9 Å². The van der Waals surface area contributed by atoms with Crippen LogP contribution in [0.3, 0.4) is 0 Å². The number of amides is 1. The van der Waals surface area contributed by atoms with Crippen molar-refractivity contribution in [2.75, 3.05) is 26.2 Å². The normalized spacial score (nSPS) is 15.8. The van der Waals surface area contributed by atoms with E-state index in [4.69, 9.17) is 0 Å². The highest BCUT2D eigenvalue weighted by Crippen LogP contribution is 2.07. The molecule has 1 amide bonds. The third-order valence-corrected chi connectivity index (χ3v) is 3.52. The molecule has 0 aliphatic carbocycles. The monoisotopic (exact) mass is 311 g/mol. The van der Waals surface area contributed by atoms with Crippen LogP contribution in [0, 0.1) is 0 Å². The van der Waals surface area contributed by atoms with E-state index in [1.807, 2.05) is 12.1 Å². The van der Waals surface area contributed by atoms with Gasteiger partial charge >= 0.3 is 0 Å². The Kier molecular flexibility index (Phi) is 5.13. The van der Waals surface area contributed by atoms with Gasteiger partial charge in [0.2, 0.25) is 0 Å². The second-order valence-corrected chi connectivity index (χ2v) is 5.32. The SMILES string of the molecule is O=C(NCCCN1CCCC1)c1cccc(Br)n1. The van der Waals surface area contributed by atoms with Crippen molar-refractivity contribution >= 4 is 21.8 Å². The molecule has 1 aromatic heterocycles. The fraction of sp³-hybridized carbons (Fsp3) is 0.538. The summed E-state index contributed by atoms with van der Waals surface area (Å²) in [5, 5.41) is 2.90. The summed E-state index contributed by atoms with van der Waals surface area (Å²) < 4.78 is 0.687. The molecule has 1 aliphatic heterocycles. The fourth-order valence-electron chi connectivity index (χ4n) is 2.14. The topological polar surface area (TPSA) is 45.2 Å². The van der Waals surface area contributed by atoms with Gasteiger partial charge in [0.05, 0.1) is 0 Å². The molecule has 0 saturated carbocycles. The Labute approximate surface area is 116 Å². The van der Waals surface area contributed by atoms with Crippen molar-refractivity contribution < 1.29 is 4.79 Å². The molecular formula is C13H18BrN3O. The van der Waals surface area contributed by atoms with Crippen LogP contribution in [0.5, 0.6) is 0 Å². The van der Waals surface area contributed by atoms with E-state index in [0.717, 1.165) is 13.0 Å². The van der Waals surface area contributed by atoms with Crippen molar-refractivity contribution in [2.24, 2.45) is 0 Å². The van der Waals surface area contributed by atoms with Crippen LogP contribution in [0.2, 0.25) is 0 Å². The molecule has 0 spiro atoms. The van der Waals surface area contributed by atoms with Gasteiger partial charge in [0.25, 0.3) is 5.91 Å². The second-order valence-electron chi connectivity index (χ2n) is 4.50. The number of likely N-dealkylation sites (tertiary alicyclic amines) is 1. The van der Waals surface area contributed by atoms with Crippen molar-refractivity contribution in [1.29, 1.82) is 0 Å². The standard InChI is InChI=1S/C13H18BrN3O/c14-12-6-3-5-11(16-12)13(18)15-7-4-10-17-8-1-2-9-17/h3,5-6H,1-2,4,7-10H2,(H,15,18). The molecule has 18 heavy (non-hydrogen) atoms. The summed E-state index contributed by atoms with van der Waals surface area (Å²) in [6.45, 7) is 4.21. The van der Waals surface area contributed by atoms with E-state index in [-0.39, 0.29) is 5.91 Å². The molecule has 98 valence electrons. The third kappa shape index (κ3) is 4.07. The largest absolute Gasteiger partial charge is 0.351 e. The average molecular weight is 312 g/mol. The van der Waals surface area contributed by atoms with E-state index in [9.17, 15) is 4.79 Å². The minimum Gasteiger partial charge on any atom is -0.351 e. The van der Waals surface area contributed by atoms with Crippen LogP contribution in [0.25, 0.3) is 0 Å². The molecule has 0 radical (unpaired) electrons. The van der Waals surface area contributed by atoms with Crippen molar-refractivity contribution in [3.63, 3.8) is 0 Å². The van der Waals surface area contributed by atoms with Gasteiger partial charge in [-0.05, 0) is 67.0 Å². The van der Waals surface area contributed by atoms with E-state index < -0.39 is 0 Å². The number of hydrogen-bond donors (Lipinski definition) is 1. The molecule has 1 aliphatic rings. The number of hydrogen-bond acceptors (Lipinski definition) is 3. The van der Waals surface area contributed by atoms with Gasteiger partial charge in [-0.2, -0.15) is 0 Å². The van der Waals surface area contributed by atoms with Crippen LogP contribution in [-0.4, -0.2) is 42.0 Å². The Balaban J connectivity index is 1.68. The summed E-state index contributed by atoms with van der Waals surface area (Å²) in [6.07, 6.45) is 3.63. The van der Waals surface area contributed by atoms with Gasteiger partial charge in [0.15, 0.2) is 0 Å². The minimum atomic E-state index is -0.0993. The van der Waals surface area contributed by atoms with Gasteiger partial charge in [0, 0.05) is 6.54 Å². The van der Waals surface area contributed by atoms with Crippen molar-refractivity contribution in [3.05, 3.63) is 28.5 Å². The summed E-state index contributed by atoms with van der Waals surface area (Å²) in [4.78, 5) is 18.4. The molecule has 1 aromatic rings. The van der Waals surface area contributed by atoms with Gasteiger partial charge < -0.3 is 10.2 Å². The van der Waals surface area contributed by atoms with Crippen LogP contribution in [0.4, 0.5) is 0 Å². The number of halogens is 1. The van der Waals surface area contributed by atoms with Crippen molar-refractivity contribution in [3.8, 4) is 0 Å². The first-order valence-corrected chi connectivity index (χ1v) is 7.18. The Morgan fingerprint density at radius 2 is 2.17 bits per heavy atom. The van der Waals surface area contributed by atoms with E-state index in [1.54, 1.807) is 6.07 Å². The molecule has 4 nitrogen and oxygen atoms in total. The van der Waals surface area contributed by atoms with Gasteiger partial charge in [0.1, 0.15) is 10.3 Å². The fourth-order valence-corrected chi connectivity index (χ4v) is 2.48. The summed E-state index contributed by atoms with van der Waals surface area (Å²) in [5.41, 5.74) is 0.463. The first-order chi connectivity index (χ1) is 8.75. The maximum Gasteiger partial charge on any atom is 0.269 e. The predicted octanol–water partition coefficient (Wildman–Crippen LogP) is 2.06. The van der Waals surface area contributed by atoms with E-state index >= 15 is 0 Å². The molecule has 2 heterocycles. The molecule has 0 unspecified atom stereocenters. The number of rotatable bonds is 5. The maximum absolute atomic E-state index is 11.8. The zero-order valence-corrected chi connectivity index (χ0v) is 11.9. The molecule has 5 heteroatoms. The Morgan fingerprint density at radius 3 is 2.89 bits per heavy atom. The van der Waals surface area contributed by atoms with E-state index in [0.29, 0.717) is 16.8 Å². The highest BCUT2D eigenvalue weighted by molar-refractivity contribution is 9.10. The number of carbonyl (C=O) groups is 1. The van der Waals surface area contributed by atoms with Gasteiger partial charge in [-0.15, -0.1) is 0 Å². The lowest BCUT2D eigenvalue weighted by Crippen LogP contribution is -2.29. The molecule has 1 saturated heterocycles. The Hall–Kier alpha value is -0.940. The smallest absolute Gasteiger partial charge is 0.269 e. The van der Waals surface area contributed by atoms with Crippen LogP contribution in [0.1, 0.15) is 29.8 Å². The molecule has 2 rings (SSSR count). The van der Waals surface area contributed by atoms with Crippen LogP contribution >= 0.6 is 15.9 Å². The van der Waals surface area contributed by atoms with E-state index in [2.05, 4.69) is 31.1 Å². The molecule has 1 fully saturated rings. The summed E-state index contributed by atoms with van der Waals surface area (Å²) in [5.74, 6) is -0.0993. The molecule has 0 bridgehead atoms. The van der Waals surface area contributed by atoms with Gasteiger partial charge in [-0.25, -0.2) is 4.98 Å². The number of carbonyl (C=O) groups excluding carboxylic acids is 1. The summed E-state index contributed by atoms with van der Waals surface area (Å²) >= 11 is 3.26. The molecule has 0 atom stereocenters. The number of pyridine rings is 1. The predicted molar refractivity (Wildman–Crippen MR) is 74.6 cm³/mol. The quantitative estimate of drug-likeness (QED) is 0.669. The summed E-state index contributed by atoms with van der Waals surface area (Å²) in [7, 11) is 0. The summed E-state index contributed by atoms with van der Waals surface area (Å²) in [6, 6.07) is 5.35. The second kappa shape index (κ2) is 6.85.